The number of nitrogens with two attached hydrogens (primary N) is 1. The van der Waals surface area contributed by atoms with Gasteiger partial charge in [-0.1, -0.05) is 48.5 Å². The topological polar surface area (TPSA) is 62.1 Å². The standard InChI is InChI=1S/C27H40N4.ClH/c28-15-5-6-16-29-17-7-8-18-30-19-9-10-20-31-22-27-25-13-3-1-11-23(25)21-24-12-2-4-14-26(24)27;/h1-4,11-14,21,29-31H,5-10,15-20,22,28H2;1H. The van der Waals surface area contributed by atoms with E-state index in [1.165, 1.54) is 59.2 Å². The van der Waals surface area contributed by atoms with Gasteiger partial charge < -0.3 is 21.7 Å². The Kier molecular flexibility index (Phi) is 13.3. The van der Waals surface area contributed by atoms with Crippen LogP contribution in [0.3, 0.4) is 0 Å². The number of benzene rings is 3. The van der Waals surface area contributed by atoms with Gasteiger partial charge in [-0.15, -0.1) is 12.4 Å². The van der Waals surface area contributed by atoms with Crippen molar-refractivity contribution in [3.8, 4) is 0 Å². The summed E-state index contributed by atoms with van der Waals surface area (Å²) in [5, 5.41) is 16.1. The van der Waals surface area contributed by atoms with Gasteiger partial charge in [-0.3, -0.25) is 0 Å². The summed E-state index contributed by atoms with van der Waals surface area (Å²) in [6.07, 6.45) is 7.24. The number of nitrogens with one attached hydrogen (secondary N) is 3. The Labute approximate surface area is 200 Å². The molecule has 3 aromatic carbocycles. The molecule has 0 spiro atoms. The summed E-state index contributed by atoms with van der Waals surface area (Å²) in [6, 6.07) is 19.8. The predicted octanol–water partition coefficient (Wildman–Crippen LogP) is 4.98. The van der Waals surface area contributed by atoms with E-state index in [9.17, 15) is 0 Å². The number of unbranched alkanes of at least 4 members (excludes halogenated alkanes) is 3. The maximum Gasteiger partial charge on any atom is 0.0217 e. The summed E-state index contributed by atoms with van der Waals surface area (Å²) < 4.78 is 0. The summed E-state index contributed by atoms with van der Waals surface area (Å²) >= 11 is 0. The van der Waals surface area contributed by atoms with Crippen LogP contribution in [0.4, 0.5) is 0 Å². The SMILES string of the molecule is Cl.NCCCCNCCCCNCCCCNCc1c2ccccc2cc2ccccc12. The van der Waals surface area contributed by atoms with Gasteiger partial charge in [-0.05, 0) is 111 Å². The average Bonchev–Trinajstić information content (AvgIpc) is 2.81. The molecule has 0 amide bonds. The number of rotatable bonds is 16. The number of halogens is 1. The largest absolute Gasteiger partial charge is 0.330 e. The van der Waals surface area contributed by atoms with Crippen LogP contribution in [0, 0.1) is 0 Å². The molecule has 0 radical (unpaired) electrons. The lowest BCUT2D eigenvalue weighted by Crippen LogP contribution is -2.22. The van der Waals surface area contributed by atoms with Crippen LogP contribution in [0.1, 0.15) is 44.1 Å². The molecule has 32 heavy (non-hydrogen) atoms. The molecule has 0 atom stereocenters. The zero-order valence-corrected chi connectivity index (χ0v) is 20.2. The molecule has 0 saturated carbocycles. The van der Waals surface area contributed by atoms with Gasteiger partial charge in [-0.25, -0.2) is 0 Å². The molecule has 0 aromatic heterocycles. The molecule has 5 N–H and O–H groups in total. The fraction of sp³-hybridized carbons (Fsp3) is 0.481. The molecule has 5 heteroatoms. The van der Waals surface area contributed by atoms with Crippen molar-refractivity contribution in [1.29, 1.82) is 0 Å². The molecule has 0 unspecified atom stereocenters. The molecule has 0 aliphatic heterocycles. The third-order valence-electron chi connectivity index (χ3n) is 5.91. The molecule has 0 fully saturated rings. The van der Waals surface area contributed by atoms with Crippen LogP contribution in [0.25, 0.3) is 21.5 Å². The average molecular weight is 457 g/mol. The Morgan fingerprint density at radius 1 is 0.562 bits per heavy atom. The first-order valence-corrected chi connectivity index (χ1v) is 12.1. The second kappa shape index (κ2) is 16.0. The van der Waals surface area contributed by atoms with Gasteiger partial charge in [0.1, 0.15) is 0 Å². The minimum Gasteiger partial charge on any atom is -0.330 e. The normalized spacial score (nSPS) is 11.2. The van der Waals surface area contributed by atoms with Crippen molar-refractivity contribution in [1.82, 2.24) is 16.0 Å². The molecule has 3 aromatic rings. The van der Waals surface area contributed by atoms with Crippen molar-refractivity contribution in [2.24, 2.45) is 5.73 Å². The lowest BCUT2D eigenvalue weighted by atomic mass is 9.97. The maximum atomic E-state index is 5.50. The second-order valence-corrected chi connectivity index (χ2v) is 8.38. The maximum absolute atomic E-state index is 5.50. The van der Waals surface area contributed by atoms with E-state index in [1.807, 2.05) is 0 Å². The van der Waals surface area contributed by atoms with E-state index < -0.39 is 0 Å². The third-order valence-corrected chi connectivity index (χ3v) is 5.91. The smallest absolute Gasteiger partial charge is 0.0217 e. The van der Waals surface area contributed by atoms with Crippen LogP contribution in [-0.2, 0) is 6.54 Å². The van der Waals surface area contributed by atoms with Crippen molar-refractivity contribution < 1.29 is 0 Å². The summed E-state index contributed by atoms with van der Waals surface area (Å²) in [7, 11) is 0. The van der Waals surface area contributed by atoms with Crippen LogP contribution >= 0.6 is 12.4 Å². The van der Waals surface area contributed by atoms with E-state index in [4.69, 9.17) is 5.73 Å². The first-order chi connectivity index (χ1) is 15.4. The molecular weight excluding hydrogens is 416 g/mol. The van der Waals surface area contributed by atoms with Gasteiger partial charge >= 0.3 is 0 Å². The first-order valence-electron chi connectivity index (χ1n) is 12.1. The molecule has 3 rings (SSSR count). The van der Waals surface area contributed by atoms with Crippen LogP contribution in [0.5, 0.6) is 0 Å². The van der Waals surface area contributed by atoms with Crippen molar-refractivity contribution >= 4 is 34.0 Å². The minimum absolute atomic E-state index is 0. The number of hydrogen-bond donors (Lipinski definition) is 4. The highest BCUT2D eigenvalue weighted by atomic mass is 35.5. The zero-order chi connectivity index (χ0) is 21.6. The van der Waals surface area contributed by atoms with Gasteiger partial charge in [0.05, 0.1) is 0 Å². The zero-order valence-electron chi connectivity index (χ0n) is 19.4. The Bertz CT molecular complexity index is 845. The van der Waals surface area contributed by atoms with Gasteiger partial charge in [0.25, 0.3) is 0 Å². The van der Waals surface area contributed by atoms with Crippen molar-refractivity contribution in [3.05, 3.63) is 60.2 Å². The number of hydrogen-bond acceptors (Lipinski definition) is 4. The van der Waals surface area contributed by atoms with Crippen LogP contribution in [0.2, 0.25) is 0 Å². The van der Waals surface area contributed by atoms with Gasteiger partial charge in [0.2, 0.25) is 0 Å². The number of fused-ring (bicyclic) bond motifs is 2. The monoisotopic (exact) mass is 456 g/mol. The highest BCUT2D eigenvalue weighted by Crippen LogP contribution is 2.28. The molecule has 0 saturated heterocycles. The fourth-order valence-electron chi connectivity index (χ4n) is 4.16. The summed E-state index contributed by atoms with van der Waals surface area (Å²) in [4.78, 5) is 0. The van der Waals surface area contributed by atoms with Crippen LogP contribution in [0.15, 0.2) is 54.6 Å². The van der Waals surface area contributed by atoms with E-state index in [0.717, 1.165) is 52.2 Å². The van der Waals surface area contributed by atoms with Crippen molar-refractivity contribution in [3.63, 3.8) is 0 Å². The Morgan fingerprint density at radius 2 is 1.00 bits per heavy atom. The molecule has 0 aliphatic carbocycles. The van der Waals surface area contributed by atoms with E-state index in [1.54, 1.807) is 0 Å². The molecular formula is C27H41ClN4. The van der Waals surface area contributed by atoms with E-state index in [0.29, 0.717) is 0 Å². The molecule has 0 bridgehead atoms. The predicted molar refractivity (Wildman–Crippen MR) is 143 cm³/mol. The summed E-state index contributed by atoms with van der Waals surface area (Å²) in [6.45, 7) is 7.26. The van der Waals surface area contributed by atoms with Gasteiger partial charge in [-0.2, -0.15) is 0 Å². The third kappa shape index (κ3) is 8.68. The second-order valence-electron chi connectivity index (χ2n) is 8.38. The van der Waals surface area contributed by atoms with Gasteiger partial charge in [0, 0.05) is 6.54 Å². The summed E-state index contributed by atoms with van der Waals surface area (Å²) in [5.74, 6) is 0. The van der Waals surface area contributed by atoms with Crippen LogP contribution in [-0.4, -0.2) is 39.3 Å². The van der Waals surface area contributed by atoms with Crippen LogP contribution < -0.4 is 21.7 Å². The summed E-state index contributed by atoms with van der Waals surface area (Å²) in [5.41, 5.74) is 6.92. The van der Waals surface area contributed by atoms with Crippen molar-refractivity contribution in [2.75, 3.05) is 39.3 Å². The molecule has 176 valence electrons. The highest BCUT2D eigenvalue weighted by Gasteiger charge is 2.06. The van der Waals surface area contributed by atoms with E-state index >= 15 is 0 Å². The Morgan fingerprint density at radius 3 is 1.50 bits per heavy atom. The molecule has 0 aliphatic rings. The van der Waals surface area contributed by atoms with E-state index in [-0.39, 0.29) is 12.4 Å². The van der Waals surface area contributed by atoms with Gasteiger partial charge in [0.15, 0.2) is 0 Å². The quantitative estimate of drug-likeness (QED) is 0.181. The lowest BCUT2D eigenvalue weighted by molar-refractivity contribution is 0.548. The highest BCUT2D eigenvalue weighted by molar-refractivity contribution is 6.02. The lowest BCUT2D eigenvalue weighted by Gasteiger charge is -2.13. The van der Waals surface area contributed by atoms with E-state index in [2.05, 4.69) is 70.5 Å². The molecule has 0 heterocycles. The Balaban J connectivity index is 0.00000363. The fourth-order valence-corrected chi connectivity index (χ4v) is 4.16. The van der Waals surface area contributed by atoms with Crippen molar-refractivity contribution in [2.45, 2.75) is 45.1 Å². The Hall–Kier alpha value is -1.69. The first kappa shape index (κ1) is 26.6. The molecule has 4 nitrogen and oxygen atoms in total. The minimum atomic E-state index is 0.